The molecule has 0 bridgehead atoms. The van der Waals surface area contributed by atoms with Gasteiger partial charge < -0.3 is 5.11 Å². The molecule has 2 aromatic carbocycles. The van der Waals surface area contributed by atoms with Gasteiger partial charge in [-0.2, -0.15) is 4.98 Å². The number of halogens is 1. The monoisotopic (exact) mass is 430 g/mol. The lowest BCUT2D eigenvalue weighted by molar-refractivity contribution is 0.147. The molecule has 0 radical (unpaired) electrons. The Bertz CT molecular complexity index is 1570. The maximum Gasteiger partial charge on any atom is 0.330 e. The molecule has 0 saturated heterocycles. The molecule has 0 aliphatic heterocycles. The lowest BCUT2D eigenvalue weighted by Gasteiger charge is -2.29. The van der Waals surface area contributed by atoms with Crippen LogP contribution >= 0.6 is 0 Å². The molecule has 1 N–H and O–H groups in total. The predicted octanol–water partition coefficient (Wildman–Crippen LogP) is 3.02. The molecule has 2 atom stereocenters. The highest BCUT2D eigenvalue weighted by atomic mass is 19.1. The molecule has 6 rings (SSSR count). The van der Waals surface area contributed by atoms with Gasteiger partial charge in [0.1, 0.15) is 17.7 Å². The zero-order chi connectivity index (χ0) is 22.0. The largest absolute Gasteiger partial charge is 0.388 e. The number of fused-ring (bicyclic) bond motifs is 3. The number of aromatic nitrogens is 6. The van der Waals surface area contributed by atoms with E-state index in [1.165, 1.54) is 16.7 Å². The third kappa shape index (κ3) is 2.64. The fraction of sp³-hybridized carbons (Fsp3) is 0.217. The summed E-state index contributed by atoms with van der Waals surface area (Å²) in [6.45, 7) is 0. The molecule has 3 heterocycles. The Labute approximate surface area is 181 Å². The van der Waals surface area contributed by atoms with E-state index in [0.29, 0.717) is 41.1 Å². The topological polar surface area (TPSA) is 90.8 Å². The number of imidazole rings is 2. The Morgan fingerprint density at radius 3 is 2.78 bits per heavy atom. The lowest BCUT2D eigenvalue weighted by Crippen LogP contribution is -2.30. The molecular formula is C23H19FN6O2. The fourth-order valence-corrected chi connectivity index (χ4v) is 4.67. The van der Waals surface area contributed by atoms with Crippen molar-refractivity contribution in [2.45, 2.75) is 25.0 Å². The van der Waals surface area contributed by atoms with Crippen LogP contribution in [-0.4, -0.2) is 33.8 Å². The van der Waals surface area contributed by atoms with E-state index >= 15 is 0 Å². The highest BCUT2D eigenvalue weighted by molar-refractivity contribution is 5.77. The molecule has 1 aliphatic carbocycles. The van der Waals surface area contributed by atoms with Crippen molar-refractivity contribution in [3.8, 4) is 5.95 Å². The molecule has 0 amide bonds. The van der Waals surface area contributed by atoms with Gasteiger partial charge in [-0.25, -0.2) is 19.2 Å². The van der Waals surface area contributed by atoms with Crippen LogP contribution < -0.4 is 5.69 Å². The summed E-state index contributed by atoms with van der Waals surface area (Å²) >= 11 is 0. The van der Waals surface area contributed by atoms with Gasteiger partial charge in [0.05, 0.1) is 29.4 Å². The maximum absolute atomic E-state index is 14.1. The molecule has 0 saturated carbocycles. The van der Waals surface area contributed by atoms with Crippen LogP contribution in [0.5, 0.6) is 0 Å². The van der Waals surface area contributed by atoms with E-state index in [-0.39, 0.29) is 5.69 Å². The average Bonchev–Trinajstić information content (AvgIpc) is 3.33. The second-order valence-corrected chi connectivity index (χ2v) is 8.08. The number of rotatable bonds is 2. The first-order chi connectivity index (χ1) is 15.5. The Hall–Kier alpha value is -3.85. The number of aliphatic hydroxyl groups is 1. The summed E-state index contributed by atoms with van der Waals surface area (Å²) < 4.78 is 19.0. The third-order valence-corrected chi connectivity index (χ3v) is 6.28. The zero-order valence-electron chi connectivity index (χ0n) is 17.2. The number of aliphatic hydroxyl groups excluding tert-OH is 1. The van der Waals surface area contributed by atoms with E-state index in [1.54, 1.807) is 34.8 Å². The Kier molecular flexibility index (Phi) is 4.03. The van der Waals surface area contributed by atoms with Crippen molar-refractivity contribution in [3.05, 3.63) is 82.4 Å². The van der Waals surface area contributed by atoms with E-state index in [4.69, 9.17) is 4.98 Å². The summed E-state index contributed by atoms with van der Waals surface area (Å²) in [5.74, 6) is -0.0165. The number of aryl methyl sites for hydroxylation is 1. The van der Waals surface area contributed by atoms with Crippen molar-refractivity contribution in [3.63, 3.8) is 0 Å². The minimum atomic E-state index is -0.685. The maximum atomic E-state index is 14.1. The van der Waals surface area contributed by atoms with Crippen LogP contribution in [-0.2, 0) is 7.05 Å². The van der Waals surface area contributed by atoms with Crippen molar-refractivity contribution in [2.75, 3.05) is 0 Å². The van der Waals surface area contributed by atoms with Gasteiger partial charge in [-0.15, -0.1) is 0 Å². The molecule has 5 aromatic rings. The minimum Gasteiger partial charge on any atom is -0.388 e. The van der Waals surface area contributed by atoms with E-state index in [2.05, 4.69) is 9.97 Å². The van der Waals surface area contributed by atoms with Gasteiger partial charge in [0.15, 0.2) is 5.65 Å². The van der Waals surface area contributed by atoms with Crippen LogP contribution in [0.25, 0.3) is 28.1 Å². The van der Waals surface area contributed by atoms with Crippen molar-refractivity contribution < 1.29 is 9.50 Å². The molecule has 3 aromatic heterocycles. The van der Waals surface area contributed by atoms with Crippen molar-refractivity contribution in [2.24, 2.45) is 7.05 Å². The van der Waals surface area contributed by atoms with Gasteiger partial charge in [0.25, 0.3) is 0 Å². The Morgan fingerprint density at radius 2 is 1.91 bits per heavy atom. The number of nitrogens with zero attached hydrogens (tertiary/aromatic N) is 6. The molecule has 1 aliphatic rings. The number of hydrogen-bond acceptors (Lipinski definition) is 5. The predicted molar refractivity (Wildman–Crippen MR) is 116 cm³/mol. The van der Waals surface area contributed by atoms with Crippen LogP contribution in [0.1, 0.15) is 36.1 Å². The minimum absolute atomic E-state index is 0.265. The molecular weight excluding hydrogens is 411 g/mol. The summed E-state index contributed by atoms with van der Waals surface area (Å²) in [4.78, 5) is 26.9. The van der Waals surface area contributed by atoms with E-state index in [0.717, 1.165) is 11.0 Å². The first kappa shape index (κ1) is 18.9. The Balaban J connectivity index is 1.59. The van der Waals surface area contributed by atoms with Crippen molar-refractivity contribution in [1.29, 1.82) is 0 Å². The van der Waals surface area contributed by atoms with Gasteiger partial charge in [-0.1, -0.05) is 18.2 Å². The van der Waals surface area contributed by atoms with Gasteiger partial charge >= 0.3 is 5.69 Å². The second-order valence-electron chi connectivity index (χ2n) is 8.08. The molecule has 0 spiro atoms. The fourth-order valence-electron chi connectivity index (χ4n) is 4.67. The van der Waals surface area contributed by atoms with E-state index in [1.807, 2.05) is 24.3 Å². The standard InChI is InChI=1S/C23H19FN6O2/c1-28-19-11-25-22(29-12-26-16-4-2-3-5-18(16)29)27-21(19)30(23(28)32)17-8-9-20(31)14-7-6-13(24)10-15(14)17/h2-7,10-12,17,20,31H,8-9H2,1H3/t17?,20-/m1/s1. The van der Waals surface area contributed by atoms with E-state index in [9.17, 15) is 14.3 Å². The molecule has 1 unspecified atom stereocenters. The van der Waals surface area contributed by atoms with Crippen LogP contribution in [0, 0.1) is 5.82 Å². The van der Waals surface area contributed by atoms with Gasteiger partial charge in [-0.3, -0.25) is 13.7 Å². The lowest BCUT2D eigenvalue weighted by atomic mass is 9.85. The number of hydrogen-bond donors (Lipinski definition) is 1. The summed E-state index contributed by atoms with van der Waals surface area (Å²) in [6, 6.07) is 11.5. The number of benzene rings is 2. The summed E-state index contributed by atoms with van der Waals surface area (Å²) in [6.07, 6.45) is 3.54. The van der Waals surface area contributed by atoms with Crippen LogP contribution in [0.2, 0.25) is 0 Å². The van der Waals surface area contributed by atoms with Crippen LogP contribution in [0.4, 0.5) is 4.39 Å². The first-order valence-corrected chi connectivity index (χ1v) is 10.4. The SMILES string of the molecule is Cn1c(=O)n(C2CC[C@@H](O)c3ccc(F)cc32)c2nc(-n3cnc4ccccc43)ncc21. The Morgan fingerprint density at radius 1 is 1.06 bits per heavy atom. The molecule has 0 fully saturated rings. The quantitative estimate of drug-likeness (QED) is 0.465. The third-order valence-electron chi connectivity index (χ3n) is 6.28. The highest BCUT2D eigenvalue weighted by Crippen LogP contribution is 2.39. The van der Waals surface area contributed by atoms with Gasteiger partial charge in [0.2, 0.25) is 5.95 Å². The summed E-state index contributed by atoms with van der Waals surface area (Å²) in [5.41, 5.74) is 3.67. The zero-order valence-corrected chi connectivity index (χ0v) is 17.2. The molecule has 32 heavy (non-hydrogen) atoms. The van der Waals surface area contributed by atoms with Crippen molar-refractivity contribution in [1.82, 2.24) is 28.7 Å². The second kappa shape index (κ2) is 6.83. The van der Waals surface area contributed by atoms with Crippen LogP contribution in [0.3, 0.4) is 0 Å². The average molecular weight is 430 g/mol. The van der Waals surface area contributed by atoms with E-state index < -0.39 is 18.0 Å². The highest BCUT2D eigenvalue weighted by Gasteiger charge is 2.31. The normalized spacial score (nSPS) is 18.3. The smallest absolute Gasteiger partial charge is 0.330 e. The van der Waals surface area contributed by atoms with Gasteiger partial charge in [0, 0.05) is 7.05 Å². The molecule has 8 nitrogen and oxygen atoms in total. The molecule has 160 valence electrons. The number of para-hydroxylation sites is 2. The summed E-state index contributed by atoms with van der Waals surface area (Å²) in [7, 11) is 1.67. The summed E-state index contributed by atoms with van der Waals surface area (Å²) in [5, 5.41) is 10.4. The van der Waals surface area contributed by atoms with Gasteiger partial charge in [-0.05, 0) is 48.2 Å². The molecule has 9 heteroatoms. The van der Waals surface area contributed by atoms with Crippen molar-refractivity contribution >= 4 is 22.2 Å². The van der Waals surface area contributed by atoms with Crippen LogP contribution in [0.15, 0.2) is 59.8 Å². The first-order valence-electron chi connectivity index (χ1n) is 10.4.